The first kappa shape index (κ1) is 21.0. The molecule has 3 aromatic carbocycles. The van der Waals surface area contributed by atoms with E-state index in [0.717, 1.165) is 0 Å². The molecule has 3 aromatic rings. The number of ether oxygens (including phenoxy) is 1. The highest BCUT2D eigenvalue weighted by molar-refractivity contribution is 7.92. The molecule has 0 fully saturated rings. The van der Waals surface area contributed by atoms with Gasteiger partial charge in [0, 0.05) is 16.4 Å². The van der Waals surface area contributed by atoms with Crippen LogP contribution >= 0.6 is 23.2 Å². The van der Waals surface area contributed by atoms with Gasteiger partial charge < -0.3 is 10.1 Å². The van der Waals surface area contributed by atoms with E-state index in [4.69, 9.17) is 27.9 Å². The van der Waals surface area contributed by atoms with E-state index in [-0.39, 0.29) is 22.3 Å². The number of anilines is 2. The van der Waals surface area contributed by atoms with Crippen LogP contribution in [0.4, 0.5) is 11.4 Å². The molecule has 0 unspecified atom stereocenters. The summed E-state index contributed by atoms with van der Waals surface area (Å²) in [7, 11) is -3.81. The van der Waals surface area contributed by atoms with Crippen molar-refractivity contribution in [2.75, 3.05) is 16.6 Å². The minimum absolute atomic E-state index is 0.0258. The number of nitrogens with one attached hydrogen (secondary N) is 2. The lowest BCUT2D eigenvalue weighted by Crippen LogP contribution is -2.20. The number of amides is 1. The van der Waals surface area contributed by atoms with Crippen molar-refractivity contribution >= 4 is 50.5 Å². The summed E-state index contributed by atoms with van der Waals surface area (Å²) in [6, 6.07) is 19.2. The Bertz CT molecular complexity index is 1120. The predicted octanol–water partition coefficient (Wildman–Crippen LogP) is 4.81. The molecule has 0 radical (unpaired) electrons. The topological polar surface area (TPSA) is 84.5 Å². The molecule has 0 aliphatic heterocycles. The van der Waals surface area contributed by atoms with Crippen molar-refractivity contribution < 1.29 is 17.9 Å². The van der Waals surface area contributed by atoms with Crippen LogP contribution in [0.3, 0.4) is 0 Å². The average Bonchev–Trinajstić information content (AvgIpc) is 2.67. The van der Waals surface area contributed by atoms with Gasteiger partial charge in [-0.2, -0.15) is 0 Å². The molecule has 150 valence electrons. The molecule has 1 amide bonds. The first-order chi connectivity index (χ1) is 13.8. The van der Waals surface area contributed by atoms with Crippen molar-refractivity contribution in [1.29, 1.82) is 0 Å². The van der Waals surface area contributed by atoms with Crippen LogP contribution in [0, 0.1) is 0 Å². The fraction of sp³-hybridized carbons (Fsp3) is 0.0500. The number of para-hydroxylation sites is 1. The Labute approximate surface area is 178 Å². The van der Waals surface area contributed by atoms with Gasteiger partial charge in [-0.3, -0.25) is 9.52 Å². The minimum Gasteiger partial charge on any atom is -0.482 e. The number of hydrogen-bond acceptors (Lipinski definition) is 4. The molecule has 0 saturated carbocycles. The molecular formula is C20H16Cl2N2O4S. The maximum Gasteiger partial charge on any atom is 0.262 e. The van der Waals surface area contributed by atoms with Crippen molar-refractivity contribution in [3.8, 4) is 5.75 Å². The lowest BCUT2D eigenvalue weighted by Gasteiger charge is -2.11. The second-order valence-corrected chi connectivity index (χ2v) is 8.44. The van der Waals surface area contributed by atoms with Gasteiger partial charge in [-0.25, -0.2) is 8.42 Å². The summed E-state index contributed by atoms with van der Waals surface area (Å²) in [6.07, 6.45) is 0. The zero-order chi connectivity index (χ0) is 20.9. The van der Waals surface area contributed by atoms with Crippen LogP contribution in [0.5, 0.6) is 5.75 Å². The van der Waals surface area contributed by atoms with Crippen LogP contribution in [0.2, 0.25) is 10.0 Å². The third-order valence-electron chi connectivity index (χ3n) is 3.71. The molecule has 0 heterocycles. The number of carbonyl (C=O) groups is 1. The molecule has 0 aromatic heterocycles. The third-order valence-corrected chi connectivity index (χ3v) is 5.62. The molecule has 0 aliphatic carbocycles. The van der Waals surface area contributed by atoms with Crippen molar-refractivity contribution in [3.05, 3.63) is 82.8 Å². The fourth-order valence-electron chi connectivity index (χ4n) is 2.39. The molecular weight excluding hydrogens is 435 g/mol. The Morgan fingerprint density at radius 3 is 2.31 bits per heavy atom. The highest BCUT2D eigenvalue weighted by Gasteiger charge is 2.17. The van der Waals surface area contributed by atoms with Gasteiger partial charge in [0.1, 0.15) is 5.75 Å². The summed E-state index contributed by atoms with van der Waals surface area (Å²) in [5.74, 6) is -0.225. The lowest BCUT2D eigenvalue weighted by atomic mass is 10.3. The molecule has 9 heteroatoms. The second-order valence-electron chi connectivity index (χ2n) is 5.91. The molecule has 2 N–H and O–H groups in total. The van der Waals surface area contributed by atoms with Gasteiger partial charge in [0.05, 0.1) is 9.92 Å². The van der Waals surface area contributed by atoms with E-state index in [0.29, 0.717) is 16.4 Å². The summed E-state index contributed by atoms with van der Waals surface area (Å²) < 4.78 is 32.8. The standard InChI is InChI=1S/C20H16Cl2N2O4S/c21-14-5-4-8-16(11-14)23-20(25)13-28-19-10-9-17(12-18(19)22)29(26,27)24-15-6-2-1-3-7-15/h1-12,24H,13H2,(H,23,25). The summed E-state index contributed by atoms with van der Waals surface area (Å²) >= 11 is 12.0. The van der Waals surface area contributed by atoms with Crippen LogP contribution in [0.25, 0.3) is 0 Å². The zero-order valence-electron chi connectivity index (χ0n) is 14.9. The molecule has 0 spiro atoms. The van der Waals surface area contributed by atoms with E-state index in [2.05, 4.69) is 10.0 Å². The minimum atomic E-state index is -3.81. The summed E-state index contributed by atoms with van der Waals surface area (Å²) in [5, 5.41) is 3.20. The quantitative estimate of drug-likeness (QED) is 0.540. The van der Waals surface area contributed by atoms with Gasteiger partial charge in [0.15, 0.2) is 6.61 Å². The summed E-state index contributed by atoms with van der Waals surface area (Å²) in [6.45, 7) is -0.305. The largest absolute Gasteiger partial charge is 0.482 e. The van der Waals surface area contributed by atoms with Crippen LogP contribution < -0.4 is 14.8 Å². The van der Waals surface area contributed by atoms with Gasteiger partial charge in [-0.15, -0.1) is 0 Å². The lowest BCUT2D eigenvalue weighted by molar-refractivity contribution is -0.118. The number of rotatable bonds is 7. The number of hydrogen-bond donors (Lipinski definition) is 2. The van der Waals surface area contributed by atoms with Crippen molar-refractivity contribution in [2.45, 2.75) is 4.90 Å². The maximum absolute atomic E-state index is 12.5. The van der Waals surface area contributed by atoms with E-state index in [9.17, 15) is 13.2 Å². The molecule has 6 nitrogen and oxygen atoms in total. The van der Waals surface area contributed by atoms with E-state index in [1.807, 2.05) is 0 Å². The first-order valence-corrected chi connectivity index (χ1v) is 10.6. The van der Waals surface area contributed by atoms with Crippen molar-refractivity contribution in [2.24, 2.45) is 0 Å². The molecule has 0 atom stereocenters. The molecule has 0 aliphatic rings. The number of benzene rings is 3. The molecule has 0 saturated heterocycles. The highest BCUT2D eigenvalue weighted by atomic mass is 35.5. The Hall–Kier alpha value is -2.74. The van der Waals surface area contributed by atoms with E-state index < -0.39 is 15.9 Å². The molecule has 3 rings (SSSR count). The maximum atomic E-state index is 12.5. The Morgan fingerprint density at radius 2 is 1.62 bits per heavy atom. The highest BCUT2D eigenvalue weighted by Crippen LogP contribution is 2.28. The van der Waals surface area contributed by atoms with E-state index in [1.54, 1.807) is 54.6 Å². The Morgan fingerprint density at radius 1 is 0.897 bits per heavy atom. The predicted molar refractivity (Wildman–Crippen MR) is 114 cm³/mol. The number of sulfonamides is 1. The summed E-state index contributed by atoms with van der Waals surface area (Å²) in [4.78, 5) is 12.0. The SMILES string of the molecule is O=C(COc1ccc(S(=O)(=O)Nc2ccccc2)cc1Cl)Nc1cccc(Cl)c1. The van der Waals surface area contributed by atoms with Crippen LogP contribution in [0.15, 0.2) is 77.7 Å². The monoisotopic (exact) mass is 450 g/mol. The van der Waals surface area contributed by atoms with Gasteiger partial charge in [0.25, 0.3) is 15.9 Å². The van der Waals surface area contributed by atoms with Crippen molar-refractivity contribution in [3.63, 3.8) is 0 Å². The van der Waals surface area contributed by atoms with Crippen LogP contribution in [0.1, 0.15) is 0 Å². The third kappa shape index (κ3) is 5.87. The smallest absolute Gasteiger partial charge is 0.262 e. The van der Waals surface area contributed by atoms with Gasteiger partial charge >= 0.3 is 0 Å². The second kappa shape index (κ2) is 9.17. The number of carbonyl (C=O) groups excluding carboxylic acids is 1. The Kier molecular flexibility index (Phi) is 6.64. The zero-order valence-corrected chi connectivity index (χ0v) is 17.3. The van der Waals surface area contributed by atoms with Gasteiger partial charge in [-0.1, -0.05) is 47.5 Å². The van der Waals surface area contributed by atoms with Crippen LogP contribution in [-0.2, 0) is 14.8 Å². The van der Waals surface area contributed by atoms with Gasteiger partial charge in [0.2, 0.25) is 0 Å². The number of halogens is 2. The van der Waals surface area contributed by atoms with Crippen molar-refractivity contribution in [1.82, 2.24) is 0 Å². The molecule has 29 heavy (non-hydrogen) atoms. The normalized spacial score (nSPS) is 11.0. The van der Waals surface area contributed by atoms with Crippen LogP contribution in [-0.4, -0.2) is 20.9 Å². The average molecular weight is 451 g/mol. The molecule has 0 bridgehead atoms. The van der Waals surface area contributed by atoms with E-state index >= 15 is 0 Å². The summed E-state index contributed by atoms with van der Waals surface area (Å²) in [5.41, 5.74) is 0.965. The Balaban J connectivity index is 1.64. The fourth-order valence-corrected chi connectivity index (χ4v) is 3.97. The van der Waals surface area contributed by atoms with E-state index in [1.165, 1.54) is 18.2 Å². The van der Waals surface area contributed by atoms with Gasteiger partial charge in [-0.05, 0) is 48.5 Å². The first-order valence-electron chi connectivity index (χ1n) is 8.39.